The van der Waals surface area contributed by atoms with Gasteiger partial charge in [-0.1, -0.05) is 25.5 Å². The molecule has 108 valence electrons. The summed E-state index contributed by atoms with van der Waals surface area (Å²) in [6.45, 7) is 5.76. The minimum Gasteiger partial charge on any atom is -0.479 e. The van der Waals surface area contributed by atoms with E-state index in [0.717, 1.165) is 24.1 Å². The van der Waals surface area contributed by atoms with E-state index in [1.807, 2.05) is 18.2 Å². The maximum absolute atomic E-state index is 8.48. The van der Waals surface area contributed by atoms with Crippen molar-refractivity contribution in [3.05, 3.63) is 29.8 Å². The highest BCUT2D eigenvalue weighted by Crippen LogP contribution is 2.30. The summed E-state index contributed by atoms with van der Waals surface area (Å²) in [5.74, 6) is 2.49. The molecule has 20 heavy (non-hydrogen) atoms. The van der Waals surface area contributed by atoms with Gasteiger partial charge in [0.2, 0.25) is 0 Å². The zero-order valence-corrected chi connectivity index (χ0v) is 12.4. The van der Waals surface area contributed by atoms with E-state index >= 15 is 0 Å². The van der Waals surface area contributed by atoms with Crippen LogP contribution in [0.5, 0.6) is 5.75 Å². The monoisotopic (exact) mass is 272 g/mol. The number of rotatable bonds is 6. The molecule has 0 aromatic heterocycles. The van der Waals surface area contributed by atoms with Crippen LogP contribution >= 0.6 is 0 Å². The fourth-order valence-electron chi connectivity index (χ4n) is 2.94. The van der Waals surface area contributed by atoms with E-state index in [0.29, 0.717) is 6.04 Å². The van der Waals surface area contributed by atoms with E-state index in [9.17, 15) is 0 Å². The van der Waals surface area contributed by atoms with E-state index in [4.69, 9.17) is 10.00 Å². The van der Waals surface area contributed by atoms with Crippen LogP contribution in [0.1, 0.15) is 44.7 Å². The molecule has 1 saturated carbocycles. The Balaban J connectivity index is 1.80. The fraction of sp³-hybridized carbons (Fsp3) is 0.588. The number of hydrogen-bond acceptors (Lipinski definition) is 3. The smallest absolute Gasteiger partial charge is 0.174 e. The van der Waals surface area contributed by atoms with Gasteiger partial charge in [0, 0.05) is 6.04 Å². The van der Waals surface area contributed by atoms with Gasteiger partial charge >= 0.3 is 0 Å². The molecule has 2 rings (SSSR count). The van der Waals surface area contributed by atoms with Gasteiger partial charge in [-0.25, -0.2) is 0 Å². The van der Waals surface area contributed by atoms with Gasteiger partial charge in [-0.3, -0.25) is 0 Å². The van der Waals surface area contributed by atoms with E-state index in [2.05, 4.69) is 31.3 Å². The predicted molar refractivity (Wildman–Crippen MR) is 80.5 cm³/mol. The zero-order valence-electron chi connectivity index (χ0n) is 12.4. The van der Waals surface area contributed by atoms with Gasteiger partial charge < -0.3 is 10.1 Å². The van der Waals surface area contributed by atoms with Crippen LogP contribution in [0.4, 0.5) is 0 Å². The van der Waals surface area contributed by atoms with Crippen molar-refractivity contribution < 1.29 is 4.74 Å². The lowest BCUT2D eigenvalue weighted by molar-refractivity contribution is 0.368. The molecule has 3 atom stereocenters. The predicted octanol–water partition coefficient (Wildman–Crippen LogP) is 3.68. The third-order valence-corrected chi connectivity index (χ3v) is 4.20. The largest absolute Gasteiger partial charge is 0.479 e. The van der Waals surface area contributed by atoms with E-state index < -0.39 is 0 Å². The van der Waals surface area contributed by atoms with Crippen LogP contribution in [0.3, 0.4) is 0 Å². The summed E-state index contributed by atoms with van der Waals surface area (Å²) in [6.07, 6.45) is 4.11. The summed E-state index contributed by atoms with van der Waals surface area (Å²) in [7, 11) is 0. The molecule has 0 saturated heterocycles. The third-order valence-electron chi connectivity index (χ3n) is 4.20. The standard InChI is InChI=1S/C17H24N2O/c1-13-3-4-15(11-13)12-19-14(2)16-5-7-17(8-6-16)20-10-9-18/h5-8,13-15,19H,3-4,10-12H2,1-2H3. The van der Waals surface area contributed by atoms with E-state index in [-0.39, 0.29) is 6.61 Å². The minimum atomic E-state index is 0.104. The molecule has 1 aliphatic rings. The summed E-state index contributed by atoms with van der Waals surface area (Å²) in [6, 6.07) is 10.3. The molecule has 1 aliphatic carbocycles. The second-order valence-corrected chi connectivity index (χ2v) is 5.93. The fourth-order valence-corrected chi connectivity index (χ4v) is 2.94. The highest BCUT2D eigenvalue weighted by Gasteiger charge is 2.21. The van der Waals surface area contributed by atoms with Crippen molar-refractivity contribution >= 4 is 0 Å². The Hall–Kier alpha value is -1.53. The van der Waals surface area contributed by atoms with Gasteiger partial charge in [0.25, 0.3) is 0 Å². The highest BCUT2D eigenvalue weighted by molar-refractivity contribution is 5.29. The maximum Gasteiger partial charge on any atom is 0.174 e. The van der Waals surface area contributed by atoms with Gasteiger partial charge in [0.05, 0.1) is 0 Å². The van der Waals surface area contributed by atoms with Crippen molar-refractivity contribution in [2.24, 2.45) is 11.8 Å². The Morgan fingerprint density at radius 1 is 1.35 bits per heavy atom. The van der Waals surface area contributed by atoms with Crippen LogP contribution in [-0.4, -0.2) is 13.2 Å². The number of hydrogen-bond donors (Lipinski definition) is 1. The minimum absolute atomic E-state index is 0.104. The molecular formula is C17H24N2O. The van der Waals surface area contributed by atoms with E-state index in [1.54, 1.807) is 0 Å². The van der Waals surface area contributed by atoms with Crippen molar-refractivity contribution in [1.29, 1.82) is 5.26 Å². The molecular weight excluding hydrogens is 248 g/mol. The molecule has 0 aliphatic heterocycles. The van der Waals surface area contributed by atoms with Crippen LogP contribution in [-0.2, 0) is 0 Å². The molecule has 3 unspecified atom stereocenters. The Morgan fingerprint density at radius 3 is 2.70 bits per heavy atom. The summed E-state index contributed by atoms with van der Waals surface area (Å²) in [4.78, 5) is 0. The average molecular weight is 272 g/mol. The molecule has 3 heteroatoms. The first-order valence-corrected chi connectivity index (χ1v) is 7.52. The summed E-state index contributed by atoms with van der Waals surface area (Å²) >= 11 is 0. The molecule has 1 N–H and O–H groups in total. The average Bonchev–Trinajstić information content (AvgIpc) is 2.89. The number of benzene rings is 1. The van der Waals surface area contributed by atoms with Crippen molar-refractivity contribution in [3.8, 4) is 11.8 Å². The first-order valence-electron chi connectivity index (χ1n) is 7.52. The molecule has 0 bridgehead atoms. The Kier molecular flexibility index (Phi) is 5.43. The van der Waals surface area contributed by atoms with Gasteiger partial charge in [0.1, 0.15) is 11.8 Å². The number of nitrogens with one attached hydrogen (secondary N) is 1. The molecule has 0 spiro atoms. The zero-order chi connectivity index (χ0) is 14.4. The SMILES string of the molecule is CC1CCC(CNC(C)c2ccc(OCC#N)cc2)C1. The lowest BCUT2D eigenvalue weighted by atomic mass is 10.0. The topological polar surface area (TPSA) is 45.0 Å². The van der Waals surface area contributed by atoms with Gasteiger partial charge in [-0.2, -0.15) is 5.26 Å². The number of ether oxygens (including phenoxy) is 1. The van der Waals surface area contributed by atoms with Crippen molar-refractivity contribution in [1.82, 2.24) is 5.32 Å². The second-order valence-electron chi connectivity index (χ2n) is 5.93. The lowest BCUT2D eigenvalue weighted by Crippen LogP contribution is -2.24. The van der Waals surface area contributed by atoms with Gasteiger partial charge in [0.15, 0.2) is 6.61 Å². The summed E-state index contributed by atoms with van der Waals surface area (Å²) < 4.78 is 5.26. The van der Waals surface area contributed by atoms with Crippen LogP contribution in [0.15, 0.2) is 24.3 Å². The lowest BCUT2D eigenvalue weighted by Gasteiger charge is -2.18. The summed E-state index contributed by atoms with van der Waals surface area (Å²) in [5.41, 5.74) is 1.26. The van der Waals surface area contributed by atoms with Crippen LogP contribution < -0.4 is 10.1 Å². The quantitative estimate of drug-likeness (QED) is 0.859. The normalized spacial score (nSPS) is 23.2. The van der Waals surface area contributed by atoms with E-state index in [1.165, 1.54) is 24.8 Å². The van der Waals surface area contributed by atoms with Crippen molar-refractivity contribution in [3.63, 3.8) is 0 Å². The van der Waals surface area contributed by atoms with Crippen LogP contribution in [0, 0.1) is 23.2 Å². The van der Waals surface area contributed by atoms with Crippen molar-refractivity contribution in [2.75, 3.05) is 13.2 Å². The summed E-state index contributed by atoms with van der Waals surface area (Å²) in [5, 5.41) is 12.1. The Labute approximate surface area is 121 Å². The Bertz CT molecular complexity index is 449. The van der Waals surface area contributed by atoms with Gasteiger partial charge in [-0.15, -0.1) is 0 Å². The molecule has 0 amide bonds. The number of nitriles is 1. The molecule has 1 aromatic rings. The molecule has 3 nitrogen and oxygen atoms in total. The number of nitrogens with zero attached hydrogens (tertiary/aromatic N) is 1. The molecule has 1 aromatic carbocycles. The Morgan fingerprint density at radius 2 is 2.10 bits per heavy atom. The highest BCUT2D eigenvalue weighted by atomic mass is 16.5. The van der Waals surface area contributed by atoms with Crippen LogP contribution in [0.25, 0.3) is 0 Å². The first-order chi connectivity index (χ1) is 9.69. The van der Waals surface area contributed by atoms with Gasteiger partial charge in [-0.05, 0) is 55.8 Å². The van der Waals surface area contributed by atoms with Crippen LogP contribution in [0.2, 0.25) is 0 Å². The maximum atomic E-state index is 8.48. The third kappa shape index (κ3) is 4.25. The molecule has 0 radical (unpaired) electrons. The first kappa shape index (κ1) is 14.9. The molecule has 0 heterocycles. The molecule has 1 fully saturated rings. The second kappa shape index (κ2) is 7.31. The van der Waals surface area contributed by atoms with Crippen molar-refractivity contribution in [2.45, 2.75) is 39.2 Å².